The molecule has 1 saturated heterocycles. The zero-order valence-corrected chi connectivity index (χ0v) is 16.2. The number of hydrogen-bond acceptors (Lipinski definition) is 3. The molecule has 1 N–H and O–H groups in total. The van der Waals surface area contributed by atoms with E-state index in [1.54, 1.807) is 11.1 Å². The molecular formula is C22H34N4. The fraction of sp³-hybridized carbons (Fsp3) is 0.773. The van der Waals surface area contributed by atoms with Crippen molar-refractivity contribution in [3.05, 3.63) is 16.8 Å². The smallest absolute Gasteiger partial charge is 0.132 e. The first kappa shape index (κ1) is 16.9. The minimum atomic E-state index is 0.725. The fourth-order valence-electron chi connectivity index (χ4n) is 5.37. The lowest BCUT2D eigenvalue weighted by molar-refractivity contribution is 0.222. The van der Waals surface area contributed by atoms with Crippen LogP contribution in [0, 0.1) is 0 Å². The maximum Gasteiger partial charge on any atom is 0.132 e. The largest absolute Gasteiger partial charge is 0.366 e. The van der Waals surface area contributed by atoms with Gasteiger partial charge in [-0.3, -0.25) is 0 Å². The molecule has 1 saturated carbocycles. The molecule has 4 heteroatoms. The van der Waals surface area contributed by atoms with Crippen molar-refractivity contribution in [3.63, 3.8) is 0 Å². The van der Waals surface area contributed by atoms with Crippen LogP contribution in [0.25, 0.3) is 5.57 Å². The van der Waals surface area contributed by atoms with Crippen molar-refractivity contribution in [1.82, 2.24) is 14.7 Å². The summed E-state index contributed by atoms with van der Waals surface area (Å²) in [4.78, 5) is 2.65. The van der Waals surface area contributed by atoms with E-state index in [0.29, 0.717) is 0 Å². The molecule has 0 unspecified atom stereocenters. The summed E-state index contributed by atoms with van der Waals surface area (Å²) in [6, 6.07) is 0. The lowest BCUT2D eigenvalue weighted by Gasteiger charge is -2.30. The van der Waals surface area contributed by atoms with E-state index in [4.69, 9.17) is 5.10 Å². The summed E-state index contributed by atoms with van der Waals surface area (Å²) in [5.74, 6) is 2.08. The summed E-state index contributed by atoms with van der Waals surface area (Å²) in [5.41, 5.74) is 6.32. The van der Waals surface area contributed by atoms with Crippen molar-refractivity contribution in [2.24, 2.45) is 0 Å². The van der Waals surface area contributed by atoms with Crippen molar-refractivity contribution in [2.75, 3.05) is 31.5 Å². The molecule has 5 rings (SSSR count). The second-order valence-electron chi connectivity index (χ2n) is 8.86. The lowest BCUT2D eigenvalue weighted by Crippen LogP contribution is -2.31. The Morgan fingerprint density at radius 3 is 2.58 bits per heavy atom. The molecule has 3 heterocycles. The topological polar surface area (TPSA) is 33.1 Å². The van der Waals surface area contributed by atoms with Gasteiger partial charge in [0.2, 0.25) is 0 Å². The van der Waals surface area contributed by atoms with Crippen LogP contribution >= 0.6 is 0 Å². The molecule has 2 fully saturated rings. The number of fused-ring (bicyclic) bond motifs is 2. The van der Waals surface area contributed by atoms with E-state index in [0.717, 1.165) is 19.0 Å². The molecule has 1 aromatic heterocycles. The summed E-state index contributed by atoms with van der Waals surface area (Å²) < 4.78 is 2.34. The number of nitrogens with one attached hydrogen (secondary N) is 1. The summed E-state index contributed by atoms with van der Waals surface area (Å²) in [7, 11) is 0. The third-order valence-electron chi connectivity index (χ3n) is 7.12. The van der Waals surface area contributed by atoms with Gasteiger partial charge >= 0.3 is 0 Å². The minimum Gasteiger partial charge on any atom is -0.366 e. The second-order valence-corrected chi connectivity index (χ2v) is 8.86. The molecule has 2 aliphatic carbocycles. The van der Waals surface area contributed by atoms with Gasteiger partial charge in [-0.05, 0) is 88.6 Å². The van der Waals surface area contributed by atoms with Gasteiger partial charge in [-0.15, -0.1) is 0 Å². The Kier molecular flexibility index (Phi) is 4.78. The highest BCUT2D eigenvalue weighted by atomic mass is 15.3. The molecule has 4 nitrogen and oxygen atoms in total. The highest BCUT2D eigenvalue weighted by Crippen LogP contribution is 2.46. The number of allylic oxidation sites excluding steroid dienone is 1. The van der Waals surface area contributed by atoms with Gasteiger partial charge in [0.15, 0.2) is 0 Å². The normalized spacial score (nSPS) is 24.0. The third kappa shape index (κ3) is 3.11. The van der Waals surface area contributed by atoms with E-state index in [-0.39, 0.29) is 0 Å². The zero-order chi connectivity index (χ0) is 17.3. The molecule has 0 bridgehead atoms. The molecule has 0 spiro atoms. The van der Waals surface area contributed by atoms with E-state index in [1.807, 2.05) is 0 Å². The number of aryl methyl sites for hydroxylation is 1. The van der Waals surface area contributed by atoms with E-state index in [9.17, 15) is 0 Å². The van der Waals surface area contributed by atoms with Gasteiger partial charge in [0.1, 0.15) is 5.82 Å². The monoisotopic (exact) mass is 354 g/mol. The Labute approximate surface area is 158 Å². The van der Waals surface area contributed by atoms with Gasteiger partial charge < -0.3 is 10.2 Å². The van der Waals surface area contributed by atoms with E-state index >= 15 is 0 Å². The van der Waals surface area contributed by atoms with Gasteiger partial charge in [-0.1, -0.05) is 12.8 Å². The maximum absolute atomic E-state index is 5.19. The standard InChI is InChI=1S/C22H34N4/c1-4-12-25(13-5-1)14-7-15-26-22-20(21(24-26)17-9-6-10-17)19-11-3-2-8-18(19)16-23-22/h17,23H,1-16H2. The first-order valence-electron chi connectivity index (χ1n) is 11.2. The number of hydrogen-bond donors (Lipinski definition) is 1. The van der Waals surface area contributed by atoms with Gasteiger partial charge in [0.25, 0.3) is 0 Å². The van der Waals surface area contributed by atoms with Crippen LogP contribution in [0.3, 0.4) is 0 Å². The molecule has 0 radical (unpaired) electrons. The summed E-state index contributed by atoms with van der Waals surface area (Å²) in [6.07, 6.45) is 14.8. The number of aromatic nitrogens is 2. The minimum absolute atomic E-state index is 0.725. The Hall–Kier alpha value is -1.29. The van der Waals surface area contributed by atoms with Crippen LogP contribution in [0.5, 0.6) is 0 Å². The number of piperidine rings is 1. The van der Waals surface area contributed by atoms with Crippen molar-refractivity contribution in [1.29, 1.82) is 0 Å². The summed E-state index contributed by atoms with van der Waals surface area (Å²) in [5, 5.41) is 8.96. The predicted octanol–water partition coefficient (Wildman–Crippen LogP) is 4.78. The Balaban J connectivity index is 1.36. The number of likely N-dealkylation sites (tertiary alicyclic amines) is 1. The molecule has 0 amide bonds. The average molecular weight is 355 g/mol. The van der Waals surface area contributed by atoms with Crippen LogP contribution < -0.4 is 5.32 Å². The maximum atomic E-state index is 5.19. The molecule has 0 atom stereocenters. The third-order valence-corrected chi connectivity index (χ3v) is 7.12. The number of rotatable bonds is 5. The van der Waals surface area contributed by atoms with Crippen LogP contribution in [0.1, 0.15) is 87.8 Å². The van der Waals surface area contributed by atoms with Crippen LogP contribution in [-0.4, -0.2) is 40.9 Å². The van der Waals surface area contributed by atoms with Gasteiger partial charge in [-0.25, -0.2) is 4.68 Å². The number of anilines is 1. The van der Waals surface area contributed by atoms with Gasteiger partial charge in [0, 0.05) is 24.6 Å². The molecule has 0 aromatic carbocycles. The predicted molar refractivity (Wildman–Crippen MR) is 108 cm³/mol. The van der Waals surface area contributed by atoms with Crippen molar-refractivity contribution in [2.45, 2.75) is 83.1 Å². The Morgan fingerprint density at radius 2 is 1.77 bits per heavy atom. The van der Waals surface area contributed by atoms with Crippen molar-refractivity contribution >= 4 is 11.4 Å². The lowest BCUT2D eigenvalue weighted by atomic mass is 9.77. The van der Waals surface area contributed by atoms with E-state index in [1.165, 1.54) is 107 Å². The Morgan fingerprint density at radius 1 is 0.923 bits per heavy atom. The highest BCUT2D eigenvalue weighted by molar-refractivity contribution is 5.82. The van der Waals surface area contributed by atoms with Gasteiger partial charge in [0.05, 0.1) is 5.69 Å². The SMILES string of the molecule is C1CCN(CCCn2nc(C3CCC3)c3c2NCC2=C3CCCC2)CC1. The van der Waals surface area contributed by atoms with Crippen molar-refractivity contribution in [3.8, 4) is 0 Å². The fourth-order valence-corrected chi connectivity index (χ4v) is 5.37. The number of nitrogens with zero attached hydrogens (tertiary/aromatic N) is 3. The quantitative estimate of drug-likeness (QED) is 0.826. The first-order valence-corrected chi connectivity index (χ1v) is 11.2. The summed E-state index contributed by atoms with van der Waals surface area (Å²) >= 11 is 0. The van der Waals surface area contributed by atoms with E-state index < -0.39 is 0 Å². The average Bonchev–Trinajstić information content (AvgIpc) is 3.00. The van der Waals surface area contributed by atoms with Crippen LogP contribution in [0.15, 0.2) is 5.57 Å². The molecule has 2 aliphatic heterocycles. The summed E-state index contributed by atoms with van der Waals surface area (Å²) in [6.45, 7) is 5.98. The molecule has 4 aliphatic rings. The van der Waals surface area contributed by atoms with Gasteiger partial charge in [-0.2, -0.15) is 5.10 Å². The molecule has 26 heavy (non-hydrogen) atoms. The first-order chi connectivity index (χ1) is 12.9. The van der Waals surface area contributed by atoms with Crippen LogP contribution in [-0.2, 0) is 6.54 Å². The molecular weight excluding hydrogens is 320 g/mol. The zero-order valence-electron chi connectivity index (χ0n) is 16.2. The highest BCUT2D eigenvalue weighted by Gasteiger charge is 2.33. The van der Waals surface area contributed by atoms with Crippen molar-refractivity contribution < 1.29 is 0 Å². The van der Waals surface area contributed by atoms with Crippen LogP contribution in [0.2, 0.25) is 0 Å². The molecule has 142 valence electrons. The van der Waals surface area contributed by atoms with Crippen LogP contribution in [0.4, 0.5) is 5.82 Å². The Bertz CT molecular complexity index is 677. The van der Waals surface area contributed by atoms with E-state index in [2.05, 4.69) is 14.9 Å². The second kappa shape index (κ2) is 7.38. The molecule has 1 aromatic rings.